The van der Waals surface area contributed by atoms with Crippen LogP contribution in [0.2, 0.25) is 5.15 Å². The lowest BCUT2D eigenvalue weighted by atomic mass is 10.2. The normalized spacial score (nSPS) is 10.5. The highest BCUT2D eigenvalue weighted by Gasteiger charge is 2.03. The Morgan fingerprint density at radius 1 is 1.40 bits per heavy atom. The fourth-order valence-electron chi connectivity index (χ4n) is 1.38. The van der Waals surface area contributed by atoms with Crippen LogP contribution in [0.5, 0.6) is 0 Å². The number of aromatic nitrogens is 1. The molecule has 1 aromatic heterocycles. The van der Waals surface area contributed by atoms with Gasteiger partial charge in [-0.1, -0.05) is 41.9 Å². The molecule has 0 N–H and O–H groups in total. The highest BCUT2D eigenvalue weighted by atomic mass is 35.5. The minimum absolute atomic E-state index is 0.542. The fraction of sp³-hybridized carbons (Fsp3) is 0.0833. The van der Waals surface area contributed by atoms with Crippen LogP contribution in [0.15, 0.2) is 48.0 Å². The van der Waals surface area contributed by atoms with Gasteiger partial charge < -0.3 is 0 Å². The zero-order valence-corrected chi connectivity index (χ0v) is 9.68. The van der Waals surface area contributed by atoms with Crippen molar-refractivity contribution in [3.63, 3.8) is 0 Å². The van der Waals surface area contributed by atoms with Gasteiger partial charge in [-0.3, -0.25) is 0 Å². The van der Waals surface area contributed by atoms with E-state index in [0.29, 0.717) is 5.15 Å². The van der Waals surface area contributed by atoms with Gasteiger partial charge in [0.15, 0.2) is 0 Å². The van der Waals surface area contributed by atoms with Crippen molar-refractivity contribution < 1.29 is 0 Å². The Balaban J connectivity index is 2.55. The first-order valence-corrected chi connectivity index (χ1v) is 5.96. The van der Waals surface area contributed by atoms with E-state index < -0.39 is 0 Å². The van der Waals surface area contributed by atoms with Crippen molar-refractivity contribution in [2.24, 2.45) is 0 Å². The summed E-state index contributed by atoms with van der Waals surface area (Å²) in [5, 5.41) is 3.79. The lowest BCUT2D eigenvalue weighted by molar-refractivity contribution is 1.18. The van der Waals surface area contributed by atoms with Crippen LogP contribution >= 0.6 is 23.4 Å². The average Bonchev–Trinajstić information content (AvgIpc) is 2.25. The Morgan fingerprint density at radius 2 is 2.20 bits per heavy atom. The summed E-state index contributed by atoms with van der Waals surface area (Å²) < 4.78 is 0. The first kappa shape index (κ1) is 10.5. The van der Waals surface area contributed by atoms with E-state index in [4.69, 9.17) is 11.6 Å². The van der Waals surface area contributed by atoms with E-state index in [0.717, 1.165) is 21.6 Å². The van der Waals surface area contributed by atoms with Crippen molar-refractivity contribution in [1.29, 1.82) is 0 Å². The molecule has 76 valence electrons. The number of halogens is 1. The zero-order chi connectivity index (χ0) is 10.7. The van der Waals surface area contributed by atoms with E-state index in [1.54, 1.807) is 11.8 Å². The molecule has 0 radical (unpaired) electrons. The summed E-state index contributed by atoms with van der Waals surface area (Å²) in [5.74, 6) is 0.845. The minimum atomic E-state index is 0.542. The molecule has 0 bridgehead atoms. The number of rotatable bonds is 3. The number of thioether (sulfide) groups is 1. The second-order valence-corrected chi connectivity index (χ2v) is 4.47. The van der Waals surface area contributed by atoms with Crippen LogP contribution < -0.4 is 0 Å². The van der Waals surface area contributed by atoms with Crippen molar-refractivity contribution in [2.45, 2.75) is 5.03 Å². The average molecular weight is 236 g/mol. The predicted octanol–water partition coefficient (Wildman–Crippen LogP) is 4.17. The van der Waals surface area contributed by atoms with Gasteiger partial charge in [-0.2, -0.15) is 0 Å². The molecule has 0 amide bonds. The van der Waals surface area contributed by atoms with E-state index >= 15 is 0 Å². The van der Waals surface area contributed by atoms with Crippen LogP contribution in [-0.4, -0.2) is 10.7 Å². The molecule has 0 aliphatic rings. The minimum Gasteiger partial charge on any atom is -0.229 e. The Hall–Kier alpha value is -0.990. The van der Waals surface area contributed by atoms with E-state index in [-0.39, 0.29) is 0 Å². The lowest BCUT2D eigenvalue weighted by Gasteiger charge is -2.04. The summed E-state index contributed by atoms with van der Waals surface area (Å²) in [4.78, 5) is 4.32. The Morgan fingerprint density at radius 3 is 3.00 bits per heavy atom. The standard InChI is InChI=1S/C12H10ClNS/c1-2-7-15-12-10-6-4-3-5-9(10)8-11(13)14-12/h2-6,8H,1,7H2. The highest BCUT2D eigenvalue weighted by molar-refractivity contribution is 7.99. The van der Waals surface area contributed by atoms with Gasteiger partial charge in [0.1, 0.15) is 10.2 Å². The predicted molar refractivity (Wildman–Crippen MR) is 67.7 cm³/mol. The van der Waals surface area contributed by atoms with Crippen LogP contribution in [-0.2, 0) is 0 Å². The number of benzene rings is 1. The molecule has 0 atom stereocenters. The van der Waals surface area contributed by atoms with Crippen LogP contribution in [0.3, 0.4) is 0 Å². The number of pyridine rings is 1. The van der Waals surface area contributed by atoms with E-state index in [2.05, 4.69) is 17.6 Å². The van der Waals surface area contributed by atoms with Gasteiger partial charge >= 0.3 is 0 Å². The van der Waals surface area contributed by atoms with Gasteiger partial charge in [-0.15, -0.1) is 18.3 Å². The molecule has 1 nitrogen and oxygen atoms in total. The smallest absolute Gasteiger partial charge is 0.131 e. The summed E-state index contributed by atoms with van der Waals surface area (Å²) in [6.07, 6.45) is 1.86. The SMILES string of the molecule is C=CCSc1nc(Cl)cc2ccccc12. The first-order valence-electron chi connectivity index (χ1n) is 4.60. The van der Waals surface area contributed by atoms with E-state index in [9.17, 15) is 0 Å². The molecular formula is C12H10ClNS. The van der Waals surface area contributed by atoms with Crippen LogP contribution in [0, 0.1) is 0 Å². The third kappa shape index (κ3) is 2.33. The molecule has 2 rings (SSSR count). The zero-order valence-electron chi connectivity index (χ0n) is 8.11. The highest BCUT2D eigenvalue weighted by Crippen LogP contribution is 2.28. The Kier molecular flexibility index (Phi) is 3.29. The number of nitrogens with zero attached hydrogens (tertiary/aromatic N) is 1. The van der Waals surface area contributed by atoms with Crippen molar-refractivity contribution in [3.8, 4) is 0 Å². The third-order valence-electron chi connectivity index (χ3n) is 2.01. The third-order valence-corrected chi connectivity index (χ3v) is 3.19. The largest absolute Gasteiger partial charge is 0.229 e. The molecule has 0 spiro atoms. The maximum atomic E-state index is 5.95. The fourth-order valence-corrected chi connectivity index (χ4v) is 2.42. The van der Waals surface area contributed by atoms with Crippen molar-refractivity contribution >= 4 is 34.1 Å². The summed E-state index contributed by atoms with van der Waals surface area (Å²) in [5.41, 5.74) is 0. The summed E-state index contributed by atoms with van der Waals surface area (Å²) in [6.45, 7) is 3.70. The quantitative estimate of drug-likeness (QED) is 0.450. The van der Waals surface area contributed by atoms with E-state index in [1.165, 1.54) is 0 Å². The van der Waals surface area contributed by atoms with Gasteiger partial charge in [-0.25, -0.2) is 4.98 Å². The molecule has 0 saturated heterocycles. The van der Waals surface area contributed by atoms with Gasteiger partial charge in [0.25, 0.3) is 0 Å². The molecule has 0 unspecified atom stereocenters. The molecular weight excluding hydrogens is 226 g/mol. The van der Waals surface area contributed by atoms with Crippen molar-refractivity contribution in [2.75, 3.05) is 5.75 Å². The van der Waals surface area contributed by atoms with Gasteiger partial charge in [0, 0.05) is 11.1 Å². The molecule has 0 aliphatic carbocycles. The van der Waals surface area contributed by atoms with Crippen LogP contribution in [0.1, 0.15) is 0 Å². The van der Waals surface area contributed by atoms with Crippen molar-refractivity contribution in [3.05, 3.63) is 48.1 Å². The monoisotopic (exact) mass is 235 g/mol. The summed E-state index contributed by atoms with van der Waals surface area (Å²) in [6, 6.07) is 10.00. The van der Waals surface area contributed by atoms with Gasteiger partial charge in [0.2, 0.25) is 0 Å². The first-order chi connectivity index (χ1) is 7.31. The molecule has 3 heteroatoms. The van der Waals surface area contributed by atoms with Crippen LogP contribution in [0.25, 0.3) is 10.8 Å². The van der Waals surface area contributed by atoms with Crippen molar-refractivity contribution in [1.82, 2.24) is 4.98 Å². The Bertz CT molecular complexity index is 496. The summed E-state index contributed by atoms with van der Waals surface area (Å²) >= 11 is 7.60. The molecule has 0 fully saturated rings. The molecule has 0 aliphatic heterocycles. The topological polar surface area (TPSA) is 12.9 Å². The number of hydrogen-bond acceptors (Lipinski definition) is 2. The van der Waals surface area contributed by atoms with Gasteiger partial charge in [-0.05, 0) is 11.5 Å². The maximum Gasteiger partial charge on any atom is 0.131 e. The summed E-state index contributed by atoms with van der Waals surface area (Å²) in [7, 11) is 0. The lowest BCUT2D eigenvalue weighted by Crippen LogP contribution is -1.85. The second-order valence-electron chi connectivity index (χ2n) is 3.07. The van der Waals surface area contributed by atoms with E-state index in [1.807, 2.05) is 30.3 Å². The molecule has 2 aromatic rings. The number of fused-ring (bicyclic) bond motifs is 1. The maximum absolute atomic E-state index is 5.95. The van der Waals surface area contributed by atoms with Gasteiger partial charge in [0.05, 0.1) is 0 Å². The molecule has 15 heavy (non-hydrogen) atoms. The second kappa shape index (κ2) is 4.69. The molecule has 1 heterocycles. The molecule has 1 aromatic carbocycles. The Labute approximate surface area is 98.2 Å². The van der Waals surface area contributed by atoms with Crippen LogP contribution in [0.4, 0.5) is 0 Å². The number of hydrogen-bond donors (Lipinski definition) is 0. The molecule has 0 saturated carbocycles.